The summed E-state index contributed by atoms with van der Waals surface area (Å²) in [6, 6.07) is 0.669. The lowest BCUT2D eigenvalue weighted by molar-refractivity contribution is -0.123. The Morgan fingerprint density at radius 2 is 1.90 bits per heavy atom. The zero-order valence-corrected chi connectivity index (χ0v) is 14.1. The summed E-state index contributed by atoms with van der Waals surface area (Å²) in [7, 11) is 0. The molecule has 1 saturated heterocycles. The number of ether oxygens (including phenoxy) is 1. The van der Waals surface area contributed by atoms with E-state index in [1.807, 2.05) is 0 Å². The fourth-order valence-electron chi connectivity index (χ4n) is 4.28. The first-order valence-corrected chi connectivity index (χ1v) is 8.81. The third kappa shape index (κ3) is 4.46. The molecule has 1 heterocycles. The Bertz CT molecular complexity index is 283. The summed E-state index contributed by atoms with van der Waals surface area (Å²) in [6.07, 6.45) is 10.6. The highest BCUT2D eigenvalue weighted by Crippen LogP contribution is 2.42. The van der Waals surface area contributed by atoms with E-state index in [9.17, 15) is 0 Å². The number of hydrogen-bond donors (Lipinski definition) is 1. The summed E-state index contributed by atoms with van der Waals surface area (Å²) >= 11 is 0. The lowest BCUT2D eigenvalue weighted by Crippen LogP contribution is -2.48. The third-order valence-corrected chi connectivity index (χ3v) is 5.16. The Balaban J connectivity index is 2.00. The van der Waals surface area contributed by atoms with E-state index in [1.54, 1.807) is 0 Å². The van der Waals surface area contributed by atoms with Crippen LogP contribution in [0.2, 0.25) is 0 Å². The lowest BCUT2D eigenvalue weighted by atomic mass is 9.71. The van der Waals surface area contributed by atoms with Crippen LogP contribution in [0.15, 0.2) is 0 Å². The van der Waals surface area contributed by atoms with Gasteiger partial charge in [0.05, 0.1) is 5.60 Å². The van der Waals surface area contributed by atoms with E-state index in [0.29, 0.717) is 11.5 Å². The van der Waals surface area contributed by atoms with E-state index in [2.05, 4.69) is 33.0 Å². The molecule has 1 aliphatic carbocycles. The van der Waals surface area contributed by atoms with Gasteiger partial charge in [-0.15, -0.1) is 0 Å². The Morgan fingerprint density at radius 3 is 2.50 bits per heavy atom. The summed E-state index contributed by atoms with van der Waals surface area (Å²) in [5.41, 5.74) is 0.650. The minimum atomic E-state index is 0.243. The minimum Gasteiger partial charge on any atom is -0.375 e. The van der Waals surface area contributed by atoms with Crippen LogP contribution in [-0.2, 0) is 4.74 Å². The number of nitrogens with one attached hydrogen (secondary N) is 1. The van der Waals surface area contributed by atoms with Crippen molar-refractivity contribution < 1.29 is 4.74 Å². The molecular formula is C18H35NO. The molecule has 0 bridgehead atoms. The first-order valence-electron chi connectivity index (χ1n) is 8.81. The predicted octanol–water partition coefficient (Wildman–Crippen LogP) is 4.53. The monoisotopic (exact) mass is 281 g/mol. The van der Waals surface area contributed by atoms with E-state index in [-0.39, 0.29) is 5.60 Å². The zero-order valence-electron chi connectivity index (χ0n) is 14.1. The molecule has 1 N–H and O–H groups in total. The van der Waals surface area contributed by atoms with Gasteiger partial charge in [-0.25, -0.2) is 0 Å². The van der Waals surface area contributed by atoms with Crippen LogP contribution in [0.1, 0.15) is 79.1 Å². The van der Waals surface area contributed by atoms with Gasteiger partial charge in [-0.1, -0.05) is 47.0 Å². The van der Waals surface area contributed by atoms with Gasteiger partial charge in [0.25, 0.3) is 0 Å². The quantitative estimate of drug-likeness (QED) is 0.817. The largest absolute Gasteiger partial charge is 0.375 e. The highest BCUT2D eigenvalue weighted by Gasteiger charge is 2.41. The van der Waals surface area contributed by atoms with Crippen molar-refractivity contribution in [1.29, 1.82) is 0 Å². The topological polar surface area (TPSA) is 21.3 Å². The van der Waals surface area contributed by atoms with Crippen LogP contribution < -0.4 is 5.32 Å². The van der Waals surface area contributed by atoms with E-state index >= 15 is 0 Å². The van der Waals surface area contributed by atoms with Gasteiger partial charge in [-0.2, -0.15) is 0 Å². The molecule has 1 spiro atoms. The smallest absolute Gasteiger partial charge is 0.0685 e. The third-order valence-electron chi connectivity index (χ3n) is 5.16. The van der Waals surface area contributed by atoms with Gasteiger partial charge in [-0.05, 0) is 50.0 Å². The molecule has 2 nitrogen and oxygen atoms in total. The van der Waals surface area contributed by atoms with E-state index < -0.39 is 0 Å². The second-order valence-corrected chi connectivity index (χ2v) is 8.27. The molecule has 2 rings (SSSR count). The second-order valence-electron chi connectivity index (χ2n) is 8.27. The molecule has 2 atom stereocenters. The van der Waals surface area contributed by atoms with Crippen molar-refractivity contribution in [2.75, 3.05) is 13.2 Å². The Morgan fingerprint density at radius 1 is 1.20 bits per heavy atom. The fraction of sp³-hybridized carbons (Fsp3) is 1.00. The Kier molecular flexibility index (Phi) is 5.53. The first kappa shape index (κ1) is 16.3. The molecular weight excluding hydrogens is 246 g/mol. The maximum atomic E-state index is 6.27. The van der Waals surface area contributed by atoms with Gasteiger partial charge >= 0.3 is 0 Å². The molecule has 0 aromatic rings. The van der Waals surface area contributed by atoms with Crippen LogP contribution in [0, 0.1) is 11.3 Å². The molecule has 2 heteroatoms. The average Bonchev–Trinajstić information content (AvgIpc) is 2.38. The molecule has 2 aliphatic rings. The van der Waals surface area contributed by atoms with Crippen molar-refractivity contribution in [3.63, 3.8) is 0 Å². The highest BCUT2D eigenvalue weighted by atomic mass is 16.5. The van der Waals surface area contributed by atoms with Crippen molar-refractivity contribution in [1.82, 2.24) is 5.32 Å². The SMILES string of the molecule is CCNC(CC(C)(C)C)C1CCOC2(CCCCC2)C1. The fourth-order valence-corrected chi connectivity index (χ4v) is 4.28. The summed E-state index contributed by atoms with van der Waals surface area (Å²) in [4.78, 5) is 0. The predicted molar refractivity (Wildman–Crippen MR) is 86.0 cm³/mol. The van der Waals surface area contributed by atoms with Crippen molar-refractivity contribution in [3.05, 3.63) is 0 Å². The van der Waals surface area contributed by atoms with Gasteiger partial charge < -0.3 is 10.1 Å². The Labute approximate surface area is 126 Å². The molecule has 0 aromatic carbocycles. The van der Waals surface area contributed by atoms with Crippen LogP contribution in [0.25, 0.3) is 0 Å². The average molecular weight is 281 g/mol. The molecule has 118 valence electrons. The van der Waals surface area contributed by atoms with Crippen molar-refractivity contribution >= 4 is 0 Å². The molecule has 20 heavy (non-hydrogen) atoms. The standard InChI is InChI=1S/C18H35NO/c1-5-19-16(14-17(2,3)4)15-9-12-20-18(13-15)10-7-6-8-11-18/h15-16,19H,5-14H2,1-4H3. The van der Waals surface area contributed by atoms with Crippen molar-refractivity contribution in [3.8, 4) is 0 Å². The van der Waals surface area contributed by atoms with Crippen LogP contribution in [0.3, 0.4) is 0 Å². The van der Waals surface area contributed by atoms with Crippen LogP contribution in [0.5, 0.6) is 0 Å². The molecule has 2 unspecified atom stereocenters. The molecule has 0 amide bonds. The summed E-state index contributed by atoms with van der Waals surface area (Å²) < 4.78 is 6.27. The van der Waals surface area contributed by atoms with Crippen molar-refractivity contribution in [2.45, 2.75) is 90.7 Å². The zero-order chi connectivity index (χ0) is 14.6. The highest BCUT2D eigenvalue weighted by molar-refractivity contribution is 4.94. The first-order chi connectivity index (χ1) is 9.44. The van der Waals surface area contributed by atoms with Crippen LogP contribution in [-0.4, -0.2) is 24.8 Å². The van der Waals surface area contributed by atoms with Gasteiger partial charge in [0.15, 0.2) is 0 Å². The molecule has 2 fully saturated rings. The maximum Gasteiger partial charge on any atom is 0.0685 e. The van der Waals surface area contributed by atoms with E-state index in [0.717, 1.165) is 19.1 Å². The number of rotatable bonds is 4. The van der Waals surface area contributed by atoms with Crippen LogP contribution in [0.4, 0.5) is 0 Å². The normalized spacial score (nSPS) is 28.5. The van der Waals surface area contributed by atoms with Gasteiger partial charge in [0, 0.05) is 12.6 Å². The maximum absolute atomic E-state index is 6.27. The van der Waals surface area contributed by atoms with Gasteiger partial charge in [-0.3, -0.25) is 0 Å². The summed E-state index contributed by atoms with van der Waals surface area (Å²) in [6.45, 7) is 11.4. The lowest BCUT2D eigenvalue weighted by Gasteiger charge is -2.46. The van der Waals surface area contributed by atoms with Crippen molar-refractivity contribution in [2.24, 2.45) is 11.3 Å². The van der Waals surface area contributed by atoms with Gasteiger partial charge in [0.2, 0.25) is 0 Å². The molecule has 0 radical (unpaired) electrons. The molecule has 1 saturated carbocycles. The second kappa shape index (κ2) is 6.79. The Hall–Kier alpha value is -0.0800. The summed E-state index contributed by atoms with van der Waals surface area (Å²) in [5.74, 6) is 0.807. The number of hydrogen-bond acceptors (Lipinski definition) is 2. The minimum absolute atomic E-state index is 0.243. The van der Waals surface area contributed by atoms with E-state index in [4.69, 9.17) is 4.74 Å². The summed E-state index contributed by atoms with van der Waals surface area (Å²) in [5, 5.41) is 3.78. The molecule has 0 aromatic heterocycles. The van der Waals surface area contributed by atoms with E-state index in [1.165, 1.54) is 51.4 Å². The molecule has 1 aliphatic heterocycles. The van der Waals surface area contributed by atoms with Gasteiger partial charge in [0.1, 0.15) is 0 Å². The van der Waals surface area contributed by atoms with Crippen LogP contribution >= 0.6 is 0 Å².